The van der Waals surface area contributed by atoms with E-state index >= 15 is 0 Å². The second-order valence-corrected chi connectivity index (χ2v) is 4.37. The SMILES string of the molecule is Nc1c(F)cccc1Sc1ncccc1[N+](=O)[O-]. The second kappa shape index (κ2) is 5.01. The number of nitro groups is 1. The zero-order valence-corrected chi connectivity index (χ0v) is 9.86. The Bertz CT molecular complexity index is 607. The summed E-state index contributed by atoms with van der Waals surface area (Å²) in [5.41, 5.74) is 5.39. The Morgan fingerprint density at radius 2 is 2.11 bits per heavy atom. The molecule has 5 nitrogen and oxygen atoms in total. The van der Waals surface area contributed by atoms with Crippen LogP contribution in [0.3, 0.4) is 0 Å². The third-order valence-corrected chi connectivity index (χ3v) is 3.25. The Labute approximate surface area is 106 Å². The molecule has 1 aromatic carbocycles. The van der Waals surface area contributed by atoms with Crippen molar-refractivity contribution in [2.75, 3.05) is 5.73 Å². The van der Waals surface area contributed by atoms with Crippen molar-refractivity contribution < 1.29 is 9.31 Å². The molecule has 0 aliphatic rings. The van der Waals surface area contributed by atoms with Crippen LogP contribution in [0, 0.1) is 15.9 Å². The van der Waals surface area contributed by atoms with Gasteiger partial charge < -0.3 is 5.73 Å². The van der Waals surface area contributed by atoms with Crippen molar-refractivity contribution in [1.82, 2.24) is 4.98 Å². The van der Waals surface area contributed by atoms with Gasteiger partial charge in [0.05, 0.1) is 10.6 Å². The van der Waals surface area contributed by atoms with Gasteiger partial charge in [0.1, 0.15) is 5.82 Å². The molecule has 0 radical (unpaired) electrons. The number of para-hydroxylation sites is 1. The van der Waals surface area contributed by atoms with E-state index in [2.05, 4.69) is 4.98 Å². The average molecular weight is 265 g/mol. The molecule has 18 heavy (non-hydrogen) atoms. The summed E-state index contributed by atoms with van der Waals surface area (Å²) in [5.74, 6) is -0.557. The van der Waals surface area contributed by atoms with Crippen molar-refractivity contribution in [3.63, 3.8) is 0 Å². The van der Waals surface area contributed by atoms with Crippen LogP contribution in [-0.4, -0.2) is 9.91 Å². The molecule has 0 saturated carbocycles. The van der Waals surface area contributed by atoms with Crippen LogP contribution in [0.15, 0.2) is 46.5 Å². The van der Waals surface area contributed by atoms with E-state index < -0.39 is 10.7 Å². The number of nitrogen functional groups attached to an aromatic ring is 1. The number of rotatable bonds is 3. The first-order valence-corrected chi connectivity index (χ1v) is 5.72. The number of benzene rings is 1. The van der Waals surface area contributed by atoms with Gasteiger partial charge in [0.25, 0.3) is 0 Å². The van der Waals surface area contributed by atoms with Gasteiger partial charge in [0.2, 0.25) is 0 Å². The van der Waals surface area contributed by atoms with Gasteiger partial charge in [-0.2, -0.15) is 0 Å². The molecule has 92 valence electrons. The maximum Gasteiger partial charge on any atom is 0.301 e. The molecule has 0 spiro atoms. The molecule has 2 N–H and O–H groups in total. The Balaban J connectivity index is 2.40. The minimum Gasteiger partial charge on any atom is -0.395 e. The summed E-state index contributed by atoms with van der Waals surface area (Å²) < 4.78 is 13.2. The van der Waals surface area contributed by atoms with E-state index in [-0.39, 0.29) is 16.4 Å². The molecule has 0 atom stereocenters. The van der Waals surface area contributed by atoms with Crippen molar-refractivity contribution >= 4 is 23.1 Å². The molecule has 0 saturated heterocycles. The Kier molecular flexibility index (Phi) is 3.42. The second-order valence-electron chi connectivity index (χ2n) is 3.34. The van der Waals surface area contributed by atoms with Crippen LogP contribution in [0.4, 0.5) is 15.8 Å². The summed E-state index contributed by atoms with van der Waals surface area (Å²) in [6.07, 6.45) is 1.44. The average Bonchev–Trinajstić information content (AvgIpc) is 2.35. The summed E-state index contributed by atoms with van der Waals surface area (Å²) in [7, 11) is 0. The predicted octanol–water partition coefficient (Wildman–Crippen LogP) is 2.86. The Morgan fingerprint density at radius 3 is 2.83 bits per heavy atom. The minimum absolute atomic E-state index is 0.0394. The smallest absolute Gasteiger partial charge is 0.301 e. The molecule has 7 heteroatoms. The highest BCUT2D eigenvalue weighted by Gasteiger charge is 2.17. The van der Waals surface area contributed by atoms with E-state index in [0.717, 1.165) is 11.8 Å². The first-order chi connectivity index (χ1) is 8.59. The predicted molar refractivity (Wildman–Crippen MR) is 65.8 cm³/mol. The summed E-state index contributed by atoms with van der Waals surface area (Å²) in [4.78, 5) is 14.6. The molecule has 0 unspecified atom stereocenters. The molecule has 2 rings (SSSR count). The Morgan fingerprint density at radius 1 is 1.33 bits per heavy atom. The molecular weight excluding hydrogens is 257 g/mol. The number of nitrogens with zero attached hydrogens (tertiary/aromatic N) is 2. The normalized spacial score (nSPS) is 10.3. The zero-order valence-electron chi connectivity index (χ0n) is 9.04. The van der Waals surface area contributed by atoms with Crippen molar-refractivity contribution in [3.05, 3.63) is 52.5 Å². The van der Waals surface area contributed by atoms with Gasteiger partial charge in [-0.15, -0.1) is 0 Å². The number of halogens is 1. The molecule has 2 aromatic rings. The Hall–Kier alpha value is -2.15. The quantitative estimate of drug-likeness (QED) is 0.524. The van der Waals surface area contributed by atoms with Crippen LogP contribution >= 0.6 is 11.8 Å². The first-order valence-electron chi connectivity index (χ1n) is 4.91. The minimum atomic E-state index is -0.557. The lowest BCUT2D eigenvalue weighted by Crippen LogP contribution is -1.95. The number of nitrogens with two attached hydrogens (primary N) is 1. The van der Waals surface area contributed by atoms with Crippen LogP contribution in [0.2, 0.25) is 0 Å². The fourth-order valence-electron chi connectivity index (χ4n) is 1.31. The summed E-state index contributed by atoms with van der Waals surface area (Å²) in [6.45, 7) is 0. The van der Waals surface area contributed by atoms with Crippen molar-refractivity contribution in [1.29, 1.82) is 0 Å². The highest BCUT2D eigenvalue weighted by atomic mass is 32.2. The van der Waals surface area contributed by atoms with Crippen molar-refractivity contribution in [2.45, 2.75) is 9.92 Å². The largest absolute Gasteiger partial charge is 0.395 e. The fourth-order valence-corrected chi connectivity index (χ4v) is 2.23. The van der Waals surface area contributed by atoms with Crippen LogP contribution in [0.25, 0.3) is 0 Å². The van der Waals surface area contributed by atoms with E-state index in [1.165, 1.54) is 30.5 Å². The molecule has 1 aromatic heterocycles. The summed E-state index contributed by atoms with van der Waals surface area (Å²) >= 11 is 0.966. The van der Waals surface area contributed by atoms with Crippen LogP contribution in [0.5, 0.6) is 0 Å². The van der Waals surface area contributed by atoms with Crippen LogP contribution in [0.1, 0.15) is 0 Å². The number of hydrogen-bond donors (Lipinski definition) is 1. The molecule has 0 bridgehead atoms. The van der Waals surface area contributed by atoms with Gasteiger partial charge in [0.15, 0.2) is 5.03 Å². The van der Waals surface area contributed by atoms with Gasteiger partial charge >= 0.3 is 5.69 Å². The van der Waals surface area contributed by atoms with Gasteiger partial charge in [-0.05, 0) is 18.2 Å². The maximum atomic E-state index is 13.2. The maximum absolute atomic E-state index is 13.2. The molecule has 1 heterocycles. The van der Waals surface area contributed by atoms with Gasteiger partial charge in [-0.1, -0.05) is 17.8 Å². The standard InChI is InChI=1S/C11H8FN3O2S/c12-7-3-1-5-9(10(7)13)18-11-8(15(16)17)4-2-6-14-11/h1-6H,13H2. The molecule has 0 aliphatic carbocycles. The number of pyridine rings is 1. The number of hydrogen-bond acceptors (Lipinski definition) is 5. The third-order valence-electron chi connectivity index (χ3n) is 2.17. The highest BCUT2D eigenvalue weighted by Crippen LogP contribution is 2.36. The van der Waals surface area contributed by atoms with E-state index in [0.29, 0.717) is 4.90 Å². The zero-order chi connectivity index (χ0) is 13.1. The van der Waals surface area contributed by atoms with Gasteiger partial charge in [-0.25, -0.2) is 9.37 Å². The van der Waals surface area contributed by atoms with E-state index in [9.17, 15) is 14.5 Å². The number of aromatic nitrogens is 1. The van der Waals surface area contributed by atoms with E-state index in [1.807, 2.05) is 0 Å². The van der Waals surface area contributed by atoms with Gasteiger partial charge in [-0.3, -0.25) is 10.1 Å². The van der Waals surface area contributed by atoms with Crippen LogP contribution in [-0.2, 0) is 0 Å². The molecule has 0 aliphatic heterocycles. The molecule has 0 fully saturated rings. The monoisotopic (exact) mass is 265 g/mol. The van der Waals surface area contributed by atoms with Crippen molar-refractivity contribution in [2.24, 2.45) is 0 Å². The lowest BCUT2D eigenvalue weighted by atomic mass is 10.3. The first kappa shape index (κ1) is 12.3. The number of anilines is 1. The topological polar surface area (TPSA) is 82.0 Å². The van der Waals surface area contributed by atoms with E-state index in [4.69, 9.17) is 5.73 Å². The lowest BCUT2D eigenvalue weighted by molar-refractivity contribution is -0.388. The summed E-state index contributed by atoms with van der Waals surface area (Å²) in [6, 6.07) is 7.11. The molecule has 0 amide bonds. The molecular formula is C11H8FN3O2S. The highest BCUT2D eigenvalue weighted by molar-refractivity contribution is 7.99. The third kappa shape index (κ3) is 2.40. The van der Waals surface area contributed by atoms with E-state index in [1.54, 1.807) is 6.07 Å². The lowest BCUT2D eigenvalue weighted by Gasteiger charge is -2.05. The fraction of sp³-hybridized carbons (Fsp3) is 0. The summed E-state index contributed by atoms with van der Waals surface area (Å²) in [5, 5.41) is 11.0. The van der Waals surface area contributed by atoms with Crippen LogP contribution < -0.4 is 5.73 Å². The van der Waals surface area contributed by atoms with Crippen molar-refractivity contribution in [3.8, 4) is 0 Å². The van der Waals surface area contributed by atoms with Gasteiger partial charge in [0, 0.05) is 17.2 Å².